The van der Waals surface area contributed by atoms with Gasteiger partial charge in [0.1, 0.15) is 11.0 Å². The van der Waals surface area contributed by atoms with Crippen molar-refractivity contribution in [2.45, 2.75) is 17.3 Å². The molecule has 1 atom stereocenters. The third-order valence-corrected chi connectivity index (χ3v) is 4.25. The molecule has 8 heteroatoms. The molecule has 0 unspecified atom stereocenters. The second-order valence-electron chi connectivity index (χ2n) is 4.96. The summed E-state index contributed by atoms with van der Waals surface area (Å²) >= 11 is 1.15. The first-order chi connectivity index (χ1) is 11.6. The highest BCUT2D eigenvalue weighted by Gasteiger charge is 2.24. The molecule has 0 bridgehead atoms. The summed E-state index contributed by atoms with van der Waals surface area (Å²) in [4.78, 5) is 30.8. The maximum Gasteiger partial charge on any atom is 0.251 e. The number of hydrogen-bond acceptors (Lipinski definition) is 6. The van der Waals surface area contributed by atoms with E-state index < -0.39 is 5.25 Å². The van der Waals surface area contributed by atoms with Gasteiger partial charge < -0.3 is 14.8 Å². The van der Waals surface area contributed by atoms with Crippen LogP contribution in [-0.2, 0) is 4.79 Å². The number of aromatic nitrogens is 3. The Bertz CT molecular complexity index is 891. The molecule has 7 nitrogen and oxygen atoms in total. The third kappa shape index (κ3) is 3.90. The minimum atomic E-state index is -0.603. The zero-order valence-corrected chi connectivity index (χ0v) is 13.5. The number of thioether (sulfide) groups is 1. The van der Waals surface area contributed by atoms with Crippen LogP contribution in [0.1, 0.15) is 16.6 Å². The van der Waals surface area contributed by atoms with Crippen molar-refractivity contribution in [3.05, 3.63) is 70.3 Å². The zero-order chi connectivity index (χ0) is 16.9. The highest BCUT2D eigenvalue weighted by Crippen LogP contribution is 2.33. The van der Waals surface area contributed by atoms with E-state index in [0.29, 0.717) is 16.7 Å². The van der Waals surface area contributed by atoms with Gasteiger partial charge >= 0.3 is 0 Å². The van der Waals surface area contributed by atoms with Crippen LogP contribution >= 0.6 is 11.8 Å². The summed E-state index contributed by atoms with van der Waals surface area (Å²) in [7, 11) is 0. The molecule has 3 rings (SSSR count). The lowest BCUT2D eigenvalue weighted by atomic mass is 10.1. The van der Waals surface area contributed by atoms with Crippen molar-refractivity contribution in [1.82, 2.24) is 15.1 Å². The molecule has 0 radical (unpaired) electrons. The molecule has 24 heavy (non-hydrogen) atoms. The molecule has 2 N–H and O–H groups in total. The van der Waals surface area contributed by atoms with Crippen LogP contribution in [0.25, 0.3) is 0 Å². The average Bonchev–Trinajstić information content (AvgIpc) is 2.98. The van der Waals surface area contributed by atoms with Crippen LogP contribution in [-0.4, -0.2) is 21.0 Å². The number of aryl methyl sites for hydroxylation is 1. The molecular weight excluding hydrogens is 328 g/mol. The van der Waals surface area contributed by atoms with Crippen LogP contribution in [0.2, 0.25) is 0 Å². The van der Waals surface area contributed by atoms with E-state index in [2.05, 4.69) is 20.4 Å². The number of benzene rings is 1. The van der Waals surface area contributed by atoms with Gasteiger partial charge in [-0.1, -0.05) is 47.3 Å². The second kappa shape index (κ2) is 7.14. The zero-order valence-electron chi connectivity index (χ0n) is 12.7. The molecule has 2 heterocycles. The Hall–Kier alpha value is -2.87. The standard InChI is InChI=1S/C16H14N4O3S/c1-10-9-12(20-23-10)18-15(22)14(11-5-3-2-4-6-11)24-16-17-8-7-13(21)19-16/h2-9,14H,1H3,(H,17,19,21)(H,18,20,22)/t14-/m0/s1. The fraction of sp³-hybridized carbons (Fsp3) is 0.125. The van der Waals surface area contributed by atoms with Gasteiger partial charge in [0.15, 0.2) is 11.0 Å². The number of aromatic amines is 1. The van der Waals surface area contributed by atoms with Crippen molar-refractivity contribution < 1.29 is 9.32 Å². The van der Waals surface area contributed by atoms with E-state index in [1.807, 2.05) is 30.3 Å². The van der Waals surface area contributed by atoms with Crippen molar-refractivity contribution in [2.75, 3.05) is 5.32 Å². The second-order valence-corrected chi connectivity index (χ2v) is 6.05. The molecule has 3 aromatic rings. The highest BCUT2D eigenvalue weighted by molar-refractivity contribution is 8.00. The molecule has 1 aromatic carbocycles. The Morgan fingerprint density at radius 2 is 2.08 bits per heavy atom. The van der Waals surface area contributed by atoms with Crippen LogP contribution in [0.15, 0.2) is 63.1 Å². The number of carbonyl (C=O) groups excluding carboxylic acids is 1. The number of rotatable bonds is 5. The fourth-order valence-electron chi connectivity index (χ4n) is 2.04. The van der Waals surface area contributed by atoms with Gasteiger partial charge in [0.05, 0.1) is 0 Å². The number of amides is 1. The number of carbonyl (C=O) groups is 1. The smallest absolute Gasteiger partial charge is 0.251 e. The lowest BCUT2D eigenvalue weighted by Gasteiger charge is -2.15. The fourth-order valence-corrected chi connectivity index (χ4v) is 3.01. The molecule has 122 valence electrons. The highest BCUT2D eigenvalue weighted by atomic mass is 32.2. The quantitative estimate of drug-likeness (QED) is 0.546. The number of H-pyrrole nitrogens is 1. The summed E-state index contributed by atoms with van der Waals surface area (Å²) in [5.41, 5.74) is 0.513. The summed E-state index contributed by atoms with van der Waals surface area (Å²) in [6.07, 6.45) is 1.40. The van der Waals surface area contributed by atoms with Gasteiger partial charge in [0.25, 0.3) is 5.56 Å². The van der Waals surface area contributed by atoms with E-state index in [1.165, 1.54) is 12.3 Å². The van der Waals surface area contributed by atoms with Crippen molar-refractivity contribution in [3.8, 4) is 0 Å². The van der Waals surface area contributed by atoms with E-state index in [-0.39, 0.29) is 11.5 Å². The Kier molecular flexibility index (Phi) is 4.76. The van der Waals surface area contributed by atoms with Crippen molar-refractivity contribution in [2.24, 2.45) is 0 Å². The van der Waals surface area contributed by atoms with Gasteiger partial charge in [0, 0.05) is 18.3 Å². The lowest BCUT2D eigenvalue weighted by molar-refractivity contribution is -0.115. The molecule has 0 aliphatic rings. The third-order valence-electron chi connectivity index (χ3n) is 3.10. The Morgan fingerprint density at radius 1 is 1.29 bits per heavy atom. The van der Waals surface area contributed by atoms with E-state index in [4.69, 9.17) is 4.52 Å². The summed E-state index contributed by atoms with van der Waals surface area (Å²) in [6.45, 7) is 1.74. The maximum absolute atomic E-state index is 12.7. The molecule has 0 aliphatic carbocycles. The van der Waals surface area contributed by atoms with E-state index in [1.54, 1.807) is 13.0 Å². The first-order valence-electron chi connectivity index (χ1n) is 7.13. The largest absolute Gasteiger partial charge is 0.360 e. The van der Waals surface area contributed by atoms with E-state index >= 15 is 0 Å². The molecule has 0 aliphatic heterocycles. The van der Waals surface area contributed by atoms with Gasteiger partial charge in [-0.05, 0) is 12.5 Å². The van der Waals surface area contributed by atoms with E-state index in [9.17, 15) is 9.59 Å². The first kappa shape index (κ1) is 16.0. The molecule has 0 spiro atoms. The molecule has 1 amide bonds. The van der Waals surface area contributed by atoms with Crippen LogP contribution in [0.3, 0.4) is 0 Å². The van der Waals surface area contributed by atoms with Gasteiger partial charge in [-0.2, -0.15) is 0 Å². The number of anilines is 1. The molecule has 0 fully saturated rings. The van der Waals surface area contributed by atoms with Crippen LogP contribution in [0.5, 0.6) is 0 Å². The molecule has 2 aromatic heterocycles. The summed E-state index contributed by atoms with van der Waals surface area (Å²) in [5.74, 6) is 0.655. The predicted octanol–water partition coefficient (Wildman–Crippen LogP) is 2.54. The maximum atomic E-state index is 12.7. The average molecular weight is 342 g/mol. The van der Waals surface area contributed by atoms with Crippen molar-refractivity contribution in [3.63, 3.8) is 0 Å². The van der Waals surface area contributed by atoms with Gasteiger partial charge in [-0.25, -0.2) is 4.98 Å². The number of nitrogens with one attached hydrogen (secondary N) is 2. The topological polar surface area (TPSA) is 101 Å². The molecule has 0 saturated heterocycles. The minimum absolute atomic E-state index is 0.271. The normalized spacial score (nSPS) is 11.9. The van der Waals surface area contributed by atoms with Crippen LogP contribution in [0.4, 0.5) is 5.82 Å². The first-order valence-corrected chi connectivity index (χ1v) is 8.01. The molecule has 0 saturated carbocycles. The summed E-state index contributed by atoms with van der Waals surface area (Å²) < 4.78 is 4.95. The monoisotopic (exact) mass is 342 g/mol. The van der Waals surface area contributed by atoms with E-state index in [0.717, 1.165) is 17.3 Å². The van der Waals surface area contributed by atoms with Crippen molar-refractivity contribution in [1.29, 1.82) is 0 Å². The van der Waals surface area contributed by atoms with Crippen molar-refractivity contribution >= 4 is 23.5 Å². The minimum Gasteiger partial charge on any atom is -0.360 e. The Balaban J connectivity index is 1.87. The summed E-state index contributed by atoms with van der Waals surface area (Å²) in [5, 5.41) is 6.24. The van der Waals surface area contributed by atoms with Gasteiger partial charge in [-0.15, -0.1) is 0 Å². The van der Waals surface area contributed by atoms with Gasteiger partial charge in [0.2, 0.25) is 5.91 Å². The lowest BCUT2D eigenvalue weighted by Crippen LogP contribution is -2.20. The predicted molar refractivity (Wildman–Crippen MR) is 89.8 cm³/mol. The number of hydrogen-bond donors (Lipinski definition) is 2. The van der Waals surface area contributed by atoms with Gasteiger partial charge in [-0.3, -0.25) is 9.59 Å². The Morgan fingerprint density at radius 3 is 2.75 bits per heavy atom. The number of nitrogens with zero attached hydrogens (tertiary/aromatic N) is 2. The van der Waals surface area contributed by atoms with Crippen LogP contribution < -0.4 is 10.9 Å². The SMILES string of the molecule is Cc1cc(NC(=O)[C@@H](Sc2nccc(=O)[nH]2)c2ccccc2)no1. The van der Waals surface area contributed by atoms with Crippen LogP contribution in [0, 0.1) is 6.92 Å². The summed E-state index contributed by atoms with van der Waals surface area (Å²) in [6, 6.07) is 12.2. The molecular formula is C16H14N4O3S. The Labute approximate surface area is 141 Å².